The second-order valence-corrected chi connectivity index (χ2v) is 8.49. The van der Waals surface area contributed by atoms with Crippen LogP contribution >= 0.6 is 23.5 Å². The summed E-state index contributed by atoms with van der Waals surface area (Å²) in [5, 5.41) is 0.305. The van der Waals surface area contributed by atoms with Gasteiger partial charge in [0.05, 0.1) is 0 Å². The van der Waals surface area contributed by atoms with Gasteiger partial charge in [-0.25, -0.2) is 0 Å². The Bertz CT molecular complexity index is 702. The van der Waals surface area contributed by atoms with Crippen LogP contribution in [0.25, 0.3) is 0 Å². The molecule has 27 heavy (non-hydrogen) atoms. The van der Waals surface area contributed by atoms with E-state index in [-0.39, 0.29) is 10.2 Å². The van der Waals surface area contributed by atoms with Crippen molar-refractivity contribution < 1.29 is 9.59 Å². The van der Waals surface area contributed by atoms with Gasteiger partial charge >= 0.3 is 0 Å². The zero-order chi connectivity index (χ0) is 19.5. The van der Waals surface area contributed by atoms with Gasteiger partial charge in [0.25, 0.3) is 0 Å². The molecule has 0 radical (unpaired) electrons. The second-order valence-electron chi connectivity index (χ2n) is 6.29. The molecule has 0 aliphatic carbocycles. The molecule has 0 amide bonds. The first-order chi connectivity index (χ1) is 13.1. The number of hydrogen-bond acceptors (Lipinski definition) is 6. The molecule has 144 valence electrons. The minimum atomic E-state index is 0.153. The van der Waals surface area contributed by atoms with Crippen LogP contribution in [-0.4, -0.2) is 10.2 Å². The molecule has 0 bridgehead atoms. The Hall–Kier alpha value is -1.92. The van der Waals surface area contributed by atoms with Crippen molar-refractivity contribution in [1.82, 2.24) is 0 Å². The van der Waals surface area contributed by atoms with Crippen LogP contribution in [-0.2, 0) is 9.59 Å². The summed E-state index contributed by atoms with van der Waals surface area (Å²) in [6, 6.07) is 14.9. The standard InChI is InChI=1S/C21H26N2O2S2/c22-16-10-6-8-12-18(16)26-20(24)14-4-2-1-3-5-15-21(25)27-19-13-9-7-11-17(19)23/h6-13H,1-5,14-15,22-23H2. The van der Waals surface area contributed by atoms with Gasteiger partial charge in [-0.1, -0.05) is 43.5 Å². The largest absolute Gasteiger partial charge is 0.398 e. The molecule has 0 saturated heterocycles. The molecule has 0 atom stereocenters. The van der Waals surface area contributed by atoms with Gasteiger partial charge in [-0.15, -0.1) is 0 Å². The Kier molecular flexibility index (Phi) is 9.28. The molecular weight excluding hydrogens is 376 g/mol. The van der Waals surface area contributed by atoms with Gasteiger partial charge in [-0.2, -0.15) is 0 Å². The van der Waals surface area contributed by atoms with Crippen LogP contribution in [0.5, 0.6) is 0 Å². The third kappa shape index (κ3) is 8.10. The molecule has 0 unspecified atom stereocenters. The number of hydrogen-bond donors (Lipinski definition) is 2. The van der Waals surface area contributed by atoms with E-state index < -0.39 is 0 Å². The molecule has 2 rings (SSSR count). The number of nitrogens with two attached hydrogens (primary N) is 2. The van der Waals surface area contributed by atoms with Crippen LogP contribution in [0.1, 0.15) is 44.9 Å². The van der Waals surface area contributed by atoms with Crippen molar-refractivity contribution in [3.05, 3.63) is 48.5 Å². The van der Waals surface area contributed by atoms with Gasteiger partial charge < -0.3 is 11.5 Å². The minimum Gasteiger partial charge on any atom is -0.398 e. The van der Waals surface area contributed by atoms with E-state index in [1.165, 1.54) is 23.5 Å². The normalized spacial score (nSPS) is 10.7. The minimum absolute atomic E-state index is 0.153. The molecule has 4 nitrogen and oxygen atoms in total. The van der Waals surface area contributed by atoms with Crippen LogP contribution in [0, 0.1) is 0 Å². The fourth-order valence-electron chi connectivity index (χ4n) is 2.56. The Morgan fingerprint density at radius 3 is 1.41 bits per heavy atom. The maximum atomic E-state index is 12.0. The Balaban J connectivity index is 1.52. The molecule has 6 heteroatoms. The predicted octanol–water partition coefficient (Wildman–Crippen LogP) is 5.52. The van der Waals surface area contributed by atoms with E-state index in [2.05, 4.69) is 0 Å². The zero-order valence-electron chi connectivity index (χ0n) is 15.4. The molecular formula is C21H26N2O2S2. The molecule has 2 aromatic rings. The number of carbonyl (C=O) groups excluding carboxylic acids is 2. The zero-order valence-corrected chi connectivity index (χ0v) is 17.0. The number of unbranched alkanes of at least 4 members (excludes halogenated alkanes) is 4. The number of nitrogen functional groups attached to an aromatic ring is 2. The van der Waals surface area contributed by atoms with Gasteiger partial charge in [0.2, 0.25) is 0 Å². The number of para-hydroxylation sites is 2. The average Bonchev–Trinajstić information content (AvgIpc) is 2.65. The van der Waals surface area contributed by atoms with Gasteiger partial charge in [-0.3, -0.25) is 9.59 Å². The lowest BCUT2D eigenvalue weighted by molar-refractivity contribution is -0.111. The van der Waals surface area contributed by atoms with Gasteiger partial charge in [-0.05, 0) is 60.6 Å². The van der Waals surface area contributed by atoms with E-state index in [0.717, 1.165) is 41.9 Å². The summed E-state index contributed by atoms with van der Waals surface area (Å²) in [7, 11) is 0. The fraction of sp³-hybridized carbons (Fsp3) is 0.333. The first-order valence-electron chi connectivity index (χ1n) is 9.16. The average molecular weight is 403 g/mol. The summed E-state index contributed by atoms with van der Waals surface area (Å²) in [6.07, 6.45) is 5.91. The van der Waals surface area contributed by atoms with Crippen LogP contribution in [0.2, 0.25) is 0 Å². The lowest BCUT2D eigenvalue weighted by Gasteiger charge is -2.05. The first-order valence-corrected chi connectivity index (χ1v) is 10.8. The van der Waals surface area contributed by atoms with Crippen molar-refractivity contribution in [2.45, 2.75) is 54.7 Å². The van der Waals surface area contributed by atoms with Gasteiger partial charge in [0.15, 0.2) is 10.2 Å². The molecule has 0 spiro atoms. The van der Waals surface area contributed by atoms with Crippen LogP contribution < -0.4 is 11.5 Å². The third-order valence-corrected chi connectivity index (χ3v) is 6.09. The number of rotatable bonds is 10. The van der Waals surface area contributed by atoms with E-state index in [9.17, 15) is 9.59 Å². The van der Waals surface area contributed by atoms with Crippen molar-refractivity contribution in [3.8, 4) is 0 Å². The van der Waals surface area contributed by atoms with Crippen molar-refractivity contribution in [2.75, 3.05) is 11.5 Å². The molecule has 0 aliphatic heterocycles. The highest BCUT2D eigenvalue weighted by atomic mass is 32.2. The molecule has 0 aliphatic rings. The Morgan fingerprint density at radius 1 is 0.630 bits per heavy atom. The molecule has 0 heterocycles. The number of benzene rings is 2. The highest BCUT2D eigenvalue weighted by molar-refractivity contribution is 8.14. The van der Waals surface area contributed by atoms with E-state index in [1.807, 2.05) is 36.4 Å². The summed E-state index contributed by atoms with van der Waals surface area (Å²) in [6.45, 7) is 0. The Morgan fingerprint density at radius 2 is 1.00 bits per heavy atom. The number of thioether (sulfide) groups is 2. The van der Waals surface area contributed by atoms with E-state index in [0.29, 0.717) is 24.2 Å². The van der Waals surface area contributed by atoms with Crippen molar-refractivity contribution in [3.63, 3.8) is 0 Å². The van der Waals surface area contributed by atoms with E-state index in [1.54, 1.807) is 12.1 Å². The molecule has 2 aromatic carbocycles. The quantitative estimate of drug-likeness (QED) is 0.309. The van der Waals surface area contributed by atoms with E-state index in [4.69, 9.17) is 11.5 Å². The van der Waals surface area contributed by atoms with Crippen molar-refractivity contribution >= 4 is 45.1 Å². The maximum absolute atomic E-state index is 12.0. The van der Waals surface area contributed by atoms with Crippen LogP contribution in [0.15, 0.2) is 58.3 Å². The Labute approximate surface area is 169 Å². The van der Waals surface area contributed by atoms with Gasteiger partial charge in [0, 0.05) is 34.0 Å². The van der Waals surface area contributed by atoms with Crippen LogP contribution in [0.3, 0.4) is 0 Å². The molecule has 0 saturated carbocycles. The first kappa shape index (κ1) is 21.4. The third-order valence-electron chi connectivity index (χ3n) is 4.05. The van der Waals surface area contributed by atoms with Crippen LogP contribution in [0.4, 0.5) is 11.4 Å². The van der Waals surface area contributed by atoms with E-state index >= 15 is 0 Å². The fourth-order valence-corrected chi connectivity index (χ4v) is 4.21. The van der Waals surface area contributed by atoms with Crippen molar-refractivity contribution in [1.29, 1.82) is 0 Å². The summed E-state index contributed by atoms with van der Waals surface area (Å²) in [5.41, 5.74) is 13.0. The second kappa shape index (κ2) is 11.7. The number of carbonyl (C=O) groups is 2. The highest BCUT2D eigenvalue weighted by Crippen LogP contribution is 2.28. The van der Waals surface area contributed by atoms with Gasteiger partial charge in [0.1, 0.15) is 0 Å². The summed E-state index contributed by atoms with van der Waals surface area (Å²) in [4.78, 5) is 25.6. The molecule has 0 aromatic heterocycles. The summed E-state index contributed by atoms with van der Waals surface area (Å²) in [5.74, 6) is 0. The van der Waals surface area contributed by atoms with Crippen molar-refractivity contribution in [2.24, 2.45) is 0 Å². The maximum Gasteiger partial charge on any atom is 0.193 e. The summed E-state index contributed by atoms with van der Waals surface area (Å²) >= 11 is 2.45. The molecule has 4 N–H and O–H groups in total. The lowest BCUT2D eigenvalue weighted by atomic mass is 10.1. The monoisotopic (exact) mass is 402 g/mol. The SMILES string of the molecule is Nc1ccccc1SC(=O)CCCCCCCC(=O)Sc1ccccc1N. The topological polar surface area (TPSA) is 86.2 Å². The number of anilines is 2. The molecule has 0 fully saturated rings. The smallest absolute Gasteiger partial charge is 0.193 e. The predicted molar refractivity (Wildman–Crippen MR) is 116 cm³/mol. The lowest BCUT2D eigenvalue weighted by Crippen LogP contribution is -1.95. The summed E-state index contributed by atoms with van der Waals surface area (Å²) < 4.78 is 0. The highest BCUT2D eigenvalue weighted by Gasteiger charge is 2.08.